The van der Waals surface area contributed by atoms with E-state index in [2.05, 4.69) is 80.9 Å². The standard InChI is InChI=1S/C35H41BN2O5.C34H31BO13.C29H30BNO5/c1-6-7-10-17-37-18-20-38(21-19-37)25-14-16-29-31(23-25)40-30-22-24(36-42-33(2,3)34(4,5)43-36)13-15-28(30)35(29)27-12-9-8-11-26(27)32(39)41-35;1-18(36)41-16-43-29(38)20-7-10-23-26(13-20)34(46-31(23)40)24-11-8-21(30(39)44-17-42-19(2)37)14-27(24)45-28-15-22(9-12-25(28)34)35-47-32(3,4)33(5,6)48-35;1-7-31-23-16-25-22(14-17(23)2)29(20-11-9-8-10-19(20)26(32)34-29)21-13-12-18(15-24(21)33-25)30-35-27(3,4)28(5,6)36-30/h8-9,11-16,22-23H,6-7,10,17-21H2,1-5H3;7-15H,16-17H2,1-6H3;8-16,31H,7H2,1-6H3. The zero-order chi connectivity index (χ0) is 90.0. The number of anilines is 2. The lowest BCUT2D eigenvalue weighted by Gasteiger charge is -2.39. The van der Waals surface area contributed by atoms with Gasteiger partial charge < -0.3 is 85.5 Å². The van der Waals surface area contributed by atoms with Crippen molar-refractivity contribution in [3.05, 3.63) is 253 Å². The average molecular weight is 1720 g/mol. The molecule has 127 heavy (non-hydrogen) atoms. The van der Waals surface area contributed by atoms with Gasteiger partial charge in [-0.05, 0) is 217 Å². The number of hydrogen-bond acceptors (Lipinski definition) is 26. The van der Waals surface area contributed by atoms with Crippen LogP contribution in [0.5, 0.6) is 34.5 Å². The maximum absolute atomic E-state index is 13.5. The lowest BCUT2D eigenvalue weighted by molar-refractivity contribution is -0.150. The largest absolute Gasteiger partial charge is 0.494 e. The second-order valence-corrected chi connectivity index (χ2v) is 36.4. The average Bonchev–Trinajstić information content (AvgIpc) is 1.59. The number of unbranched alkanes of at least 4 members (excludes halogenated alkanes) is 2. The van der Waals surface area contributed by atoms with Crippen LogP contribution < -0.4 is 40.8 Å². The van der Waals surface area contributed by atoms with Crippen molar-refractivity contribution >= 4 is 90.9 Å². The van der Waals surface area contributed by atoms with Crippen LogP contribution in [0, 0.1) is 6.92 Å². The second kappa shape index (κ2) is 32.5. The fraction of sp³-hybridized carbons (Fsp3) is 0.378. The number of nitrogens with one attached hydrogen (secondary N) is 1. The first kappa shape index (κ1) is 87.3. The molecule has 3 atom stereocenters. The molecule has 1 N–H and O–H groups in total. The highest BCUT2D eigenvalue weighted by atomic mass is 16.7. The Morgan fingerprint density at radius 1 is 0.386 bits per heavy atom. The van der Waals surface area contributed by atoms with Crippen molar-refractivity contribution in [2.24, 2.45) is 0 Å². The highest BCUT2D eigenvalue weighted by Crippen LogP contribution is 2.61. The molecule has 4 saturated heterocycles. The van der Waals surface area contributed by atoms with E-state index in [1.54, 1.807) is 24.3 Å². The maximum Gasteiger partial charge on any atom is 0.494 e. The van der Waals surface area contributed by atoms with E-state index in [-0.39, 0.29) is 40.1 Å². The van der Waals surface area contributed by atoms with Crippen molar-refractivity contribution in [2.45, 2.75) is 187 Å². The molecule has 0 bridgehead atoms. The minimum Gasteiger partial charge on any atom is -0.456 e. The fourth-order valence-electron chi connectivity index (χ4n) is 17.8. The molecule has 9 aromatic rings. The summed E-state index contributed by atoms with van der Waals surface area (Å²) in [6.07, 6.45) is 3.80. The van der Waals surface area contributed by atoms with Crippen LogP contribution in [0.15, 0.2) is 170 Å². The number of benzene rings is 9. The number of carbonyl (C=O) groups is 7. The Morgan fingerprint density at radius 3 is 1.19 bits per heavy atom. The quantitative estimate of drug-likeness (QED) is 0.0309. The van der Waals surface area contributed by atoms with Crippen LogP contribution in [-0.4, -0.2) is 155 Å². The van der Waals surface area contributed by atoms with Gasteiger partial charge in [-0.2, -0.15) is 0 Å². The highest BCUT2D eigenvalue weighted by molar-refractivity contribution is 6.63. The van der Waals surface area contributed by atoms with Gasteiger partial charge in [0.25, 0.3) is 0 Å². The van der Waals surface area contributed by atoms with Crippen LogP contribution in [0.3, 0.4) is 0 Å². The summed E-state index contributed by atoms with van der Waals surface area (Å²) in [6.45, 7) is 37.6. The predicted octanol–water partition coefficient (Wildman–Crippen LogP) is 15.1. The smallest absolute Gasteiger partial charge is 0.456 e. The molecule has 19 rings (SSSR count). The van der Waals surface area contributed by atoms with Crippen LogP contribution >= 0.6 is 0 Å². The SMILES string of the molecule is CC(=O)OCOC(=O)c1ccc2c(c1)Oc1cc(B3OC(C)(C)C(C)(C)O3)ccc1C21OC(=O)c2ccc(C(=O)OCOC(C)=O)cc21.CCCCCN1CCN(c2ccc3c(c2)Oc2cc(B4OC(C)(C)C(C)(C)O4)ccc2C32OC(=O)c3ccccc32)CC1.CCNc1cc2c(cc1C)C1(OC(=O)c3ccccc31)c1ccc(B3OC(C)(C)C(C)(C)O3)cc1O2. The third kappa shape index (κ3) is 15.1. The summed E-state index contributed by atoms with van der Waals surface area (Å²) < 4.78 is 95.9. The molecule has 10 aliphatic rings. The molecular weight excluding hydrogens is 1620 g/mol. The third-order valence-corrected chi connectivity index (χ3v) is 26.8. The number of rotatable bonds is 16. The third-order valence-electron chi connectivity index (χ3n) is 26.8. The van der Waals surface area contributed by atoms with Crippen molar-refractivity contribution < 1.29 is 109 Å². The molecule has 0 aromatic heterocycles. The van der Waals surface area contributed by atoms with Gasteiger partial charge in [0.05, 0.1) is 61.4 Å². The molecule has 29 heteroatoms. The Morgan fingerprint density at radius 2 is 0.756 bits per heavy atom. The summed E-state index contributed by atoms with van der Waals surface area (Å²) >= 11 is 0. The maximum atomic E-state index is 13.5. The minimum atomic E-state index is -1.63. The summed E-state index contributed by atoms with van der Waals surface area (Å²) in [5.41, 5.74) is 6.03. The Balaban J connectivity index is 0.000000135. The fourth-order valence-corrected chi connectivity index (χ4v) is 17.8. The number of aryl methyl sites for hydroxylation is 1. The number of esters is 7. The number of ether oxygens (including phenoxy) is 10. The second-order valence-electron chi connectivity index (χ2n) is 36.4. The van der Waals surface area contributed by atoms with Crippen molar-refractivity contribution in [1.29, 1.82) is 0 Å². The van der Waals surface area contributed by atoms with Gasteiger partial charge in [-0.1, -0.05) is 92.6 Å². The Hall–Kier alpha value is -11.8. The zero-order valence-electron chi connectivity index (χ0n) is 74.5. The summed E-state index contributed by atoms with van der Waals surface area (Å²) in [4.78, 5) is 93.0. The zero-order valence-corrected chi connectivity index (χ0v) is 74.5. The summed E-state index contributed by atoms with van der Waals surface area (Å²) in [7, 11) is -1.81. The van der Waals surface area contributed by atoms with Gasteiger partial charge >= 0.3 is 63.1 Å². The molecule has 0 radical (unpaired) electrons. The number of piperazine rings is 1. The van der Waals surface area contributed by atoms with E-state index in [1.165, 1.54) is 70.0 Å². The predicted molar refractivity (Wildman–Crippen MR) is 472 cm³/mol. The summed E-state index contributed by atoms with van der Waals surface area (Å²) in [5, 5.41) is 3.40. The van der Waals surface area contributed by atoms with Gasteiger partial charge in [-0.15, -0.1) is 0 Å². The lowest BCUT2D eigenvalue weighted by Crippen LogP contribution is -2.46. The van der Waals surface area contributed by atoms with Gasteiger partial charge in [0.2, 0.25) is 13.6 Å². The molecular formula is C98H102B3N3O23. The first-order valence-electron chi connectivity index (χ1n) is 43.2. The number of hydrogen-bond donors (Lipinski definition) is 1. The van der Waals surface area contributed by atoms with Gasteiger partial charge in [-0.3, -0.25) is 14.5 Å². The first-order valence-corrected chi connectivity index (χ1v) is 43.2. The molecule has 9 aromatic carbocycles. The topological polar surface area (TPSA) is 286 Å². The molecule has 3 unspecified atom stereocenters. The van der Waals surface area contributed by atoms with E-state index in [9.17, 15) is 33.6 Å². The normalized spacial score (nSPS) is 21.6. The van der Waals surface area contributed by atoms with E-state index in [4.69, 9.17) is 75.3 Å². The molecule has 0 saturated carbocycles. The first-order chi connectivity index (χ1) is 60.3. The monoisotopic (exact) mass is 1720 g/mol. The van der Waals surface area contributed by atoms with Crippen molar-refractivity contribution in [3.8, 4) is 34.5 Å². The number of fused-ring (bicyclic) bond motifs is 18. The Kier molecular flexibility index (Phi) is 22.3. The Labute approximate surface area is 739 Å². The lowest BCUT2D eigenvalue weighted by atomic mass is 9.73. The Bertz CT molecular complexity index is 5950. The molecule has 4 fully saturated rings. The van der Waals surface area contributed by atoms with Crippen molar-refractivity contribution in [1.82, 2.24) is 4.90 Å². The minimum absolute atomic E-state index is 0.0627. The van der Waals surface area contributed by atoms with Gasteiger partial charge in [0.1, 0.15) is 34.5 Å². The molecule has 3 spiro atoms. The van der Waals surface area contributed by atoms with Crippen LogP contribution in [0.25, 0.3) is 0 Å². The van der Waals surface area contributed by atoms with Crippen LogP contribution in [-0.2, 0) is 87.5 Å². The van der Waals surface area contributed by atoms with Crippen LogP contribution in [0.4, 0.5) is 11.4 Å². The summed E-state index contributed by atoms with van der Waals surface area (Å²) in [5.74, 6) is -1.15. The van der Waals surface area contributed by atoms with E-state index in [1.807, 2.05) is 153 Å². The van der Waals surface area contributed by atoms with Gasteiger partial charge in [0.15, 0.2) is 16.8 Å². The molecule has 10 heterocycles. The molecule has 656 valence electrons. The molecule has 10 aliphatic heterocycles. The van der Waals surface area contributed by atoms with Crippen LogP contribution in [0.1, 0.15) is 237 Å². The summed E-state index contributed by atoms with van der Waals surface area (Å²) in [6, 6.07) is 51.5. The molecule has 0 amide bonds. The van der Waals surface area contributed by atoms with Crippen LogP contribution in [0.2, 0.25) is 0 Å². The van der Waals surface area contributed by atoms with Gasteiger partial charge in [0, 0.05) is 120 Å². The number of carbonyl (C=O) groups excluding carboxylic acids is 7. The number of nitrogens with zero attached hydrogens (tertiary/aromatic N) is 2. The van der Waals surface area contributed by atoms with Gasteiger partial charge in [-0.25, -0.2) is 24.0 Å². The molecule has 0 aliphatic carbocycles. The molecule has 26 nitrogen and oxygen atoms in total. The van der Waals surface area contributed by atoms with E-state index >= 15 is 0 Å². The van der Waals surface area contributed by atoms with E-state index in [0.29, 0.717) is 56.3 Å². The van der Waals surface area contributed by atoms with E-state index < -0.39 is 115 Å². The highest BCUT2D eigenvalue weighted by Gasteiger charge is 2.61. The van der Waals surface area contributed by atoms with Crippen molar-refractivity contribution in [2.75, 3.05) is 63.1 Å². The van der Waals surface area contributed by atoms with E-state index in [0.717, 1.165) is 94.0 Å². The van der Waals surface area contributed by atoms with Crippen molar-refractivity contribution in [3.63, 3.8) is 0 Å².